The Labute approximate surface area is 170 Å². The van der Waals surface area contributed by atoms with Gasteiger partial charge < -0.3 is 16.0 Å². The molecule has 3 rings (SSSR count). The first-order chi connectivity index (χ1) is 13.8. The zero-order valence-corrected chi connectivity index (χ0v) is 16.3. The maximum Gasteiger partial charge on any atom is 0.269 e. The number of hydrogen-bond donors (Lipinski definition) is 2. The van der Waals surface area contributed by atoms with Crippen molar-refractivity contribution in [1.82, 2.24) is 4.90 Å². The van der Waals surface area contributed by atoms with Gasteiger partial charge >= 0.3 is 0 Å². The lowest BCUT2D eigenvalue weighted by atomic mass is 10.0. The number of carbonyl (C=O) groups is 3. The first-order valence-electron chi connectivity index (χ1n) is 8.69. The second-order valence-corrected chi connectivity index (χ2v) is 7.54. The predicted octanol–water partition coefficient (Wildman–Crippen LogP) is 2.31. The van der Waals surface area contributed by atoms with Crippen molar-refractivity contribution in [2.24, 2.45) is 5.73 Å². The molecule has 0 bridgehead atoms. The van der Waals surface area contributed by atoms with Gasteiger partial charge in [0.1, 0.15) is 5.00 Å². The van der Waals surface area contributed by atoms with Gasteiger partial charge in [0.25, 0.3) is 11.6 Å². The first kappa shape index (κ1) is 20.2. The van der Waals surface area contributed by atoms with E-state index in [4.69, 9.17) is 5.73 Å². The Morgan fingerprint density at radius 3 is 2.55 bits per heavy atom. The summed E-state index contributed by atoms with van der Waals surface area (Å²) in [6, 6.07) is 5.74. The van der Waals surface area contributed by atoms with Crippen LogP contribution in [0.3, 0.4) is 0 Å². The molecule has 0 saturated carbocycles. The zero-order valence-electron chi connectivity index (χ0n) is 15.5. The predicted molar refractivity (Wildman–Crippen MR) is 108 cm³/mol. The normalized spacial score (nSPS) is 13.2. The Balaban J connectivity index is 1.77. The molecule has 29 heavy (non-hydrogen) atoms. The maximum absolute atomic E-state index is 12.3. The molecule has 0 fully saturated rings. The quantitative estimate of drug-likeness (QED) is 0.440. The maximum atomic E-state index is 12.3. The van der Waals surface area contributed by atoms with Crippen molar-refractivity contribution in [2.45, 2.75) is 19.9 Å². The Hall–Kier alpha value is -3.53. The second kappa shape index (κ2) is 8.23. The molecule has 10 heteroatoms. The Kier molecular flexibility index (Phi) is 5.74. The van der Waals surface area contributed by atoms with Gasteiger partial charge in [0, 0.05) is 36.6 Å². The Morgan fingerprint density at radius 2 is 1.97 bits per heavy atom. The lowest BCUT2D eigenvalue weighted by molar-refractivity contribution is -0.384. The molecule has 1 aliphatic heterocycles. The van der Waals surface area contributed by atoms with E-state index in [1.165, 1.54) is 54.7 Å². The number of benzene rings is 1. The highest BCUT2D eigenvalue weighted by atomic mass is 32.1. The van der Waals surface area contributed by atoms with Gasteiger partial charge in [0.05, 0.1) is 17.0 Å². The van der Waals surface area contributed by atoms with Crippen LogP contribution < -0.4 is 11.1 Å². The number of primary amides is 1. The number of nitro benzene ring substituents is 1. The number of rotatable bonds is 5. The average Bonchev–Trinajstić information content (AvgIpc) is 3.03. The minimum atomic E-state index is -0.631. The van der Waals surface area contributed by atoms with Gasteiger partial charge in [-0.3, -0.25) is 24.5 Å². The van der Waals surface area contributed by atoms with Crippen LogP contribution in [0.25, 0.3) is 6.08 Å². The van der Waals surface area contributed by atoms with Gasteiger partial charge in [-0.15, -0.1) is 11.3 Å². The van der Waals surface area contributed by atoms with Crippen LogP contribution in [0.2, 0.25) is 0 Å². The number of nitro groups is 1. The number of thiophene rings is 1. The first-order valence-corrected chi connectivity index (χ1v) is 9.51. The monoisotopic (exact) mass is 414 g/mol. The van der Waals surface area contributed by atoms with Crippen LogP contribution in [0.1, 0.15) is 33.3 Å². The molecule has 2 aromatic rings. The summed E-state index contributed by atoms with van der Waals surface area (Å²) in [5, 5.41) is 13.7. The van der Waals surface area contributed by atoms with E-state index in [-0.39, 0.29) is 17.2 Å². The highest BCUT2D eigenvalue weighted by molar-refractivity contribution is 7.17. The number of non-ortho nitro benzene ring substituents is 1. The standard InChI is InChI=1S/C19H18N4O5S/c1-11(24)22-9-8-14-15(10-22)29-19(17(14)18(20)26)21-16(25)7-4-12-2-5-13(6-3-12)23(27)28/h2-7H,8-10H2,1H3,(H2,20,26)(H,21,25)/b7-4+. The van der Waals surface area contributed by atoms with Crippen molar-refractivity contribution in [1.29, 1.82) is 0 Å². The van der Waals surface area contributed by atoms with Crippen molar-refractivity contribution >= 4 is 45.8 Å². The molecule has 1 aromatic carbocycles. The number of nitrogens with one attached hydrogen (secondary N) is 1. The zero-order chi connectivity index (χ0) is 21.1. The van der Waals surface area contributed by atoms with Gasteiger partial charge in [0.2, 0.25) is 11.8 Å². The number of fused-ring (bicyclic) bond motifs is 1. The van der Waals surface area contributed by atoms with E-state index in [0.717, 1.165) is 10.4 Å². The summed E-state index contributed by atoms with van der Waals surface area (Å²) in [6.07, 6.45) is 3.28. The molecule has 3 N–H and O–H groups in total. The van der Waals surface area contributed by atoms with Crippen LogP contribution in [-0.2, 0) is 22.6 Å². The van der Waals surface area contributed by atoms with Crippen molar-refractivity contribution in [3.63, 3.8) is 0 Å². The summed E-state index contributed by atoms with van der Waals surface area (Å²) in [7, 11) is 0. The van der Waals surface area contributed by atoms with Gasteiger partial charge in [-0.1, -0.05) is 0 Å². The third kappa shape index (κ3) is 4.49. The smallest absolute Gasteiger partial charge is 0.269 e. The third-order valence-corrected chi connectivity index (χ3v) is 5.65. The fourth-order valence-corrected chi connectivity index (χ4v) is 4.33. The SMILES string of the molecule is CC(=O)N1CCc2c(sc(NC(=O)/C=C/c3ccc([N+](=O)[O-])cc3)c2C(N)=O)C1. The summed E-state index contributed by atoms with van der Waals surface area (Å²) in [4.78, 5) is 48.5. The van der Waals surface area contributed by atoms with E-state index in [0.29, 0.717) is 30.1 Å². The molecular weight excluding hydrogens is 396 g/mol. The highest BCUT2D eigenvalue weighted by Gasteiger charge is 2.28. The summed E-state index contributed by atoms with van der Waals surface area (Å²) >= 11 is 1.23. The van der Waals surface area contributed by atoms with E-state index in [9.17, 15) is 24.5 Å². The number of hydrogen-bond acceptors (Lipinski definition) is 6. The summed E-state index contributed by atoms with van der Waals surface area (Å²) in [6.45, 7) is 2.36. The molecule has 0 saturated heterocycles. The minimum Gasteiger partial charge on any atom is -0.365 e. The van der Waals surface area contributed by atoms with Crippen LogP contribution in [-0.4, -0.2) is 34.1 Å². The van der Waals surface area contributed by atoms with Crippen molar-refractivity contribution in [3.8, 4) is 0 Å². The van der Waals surface area contributed by atoms with Crippen LogP contribution in [0.15, 0.2) is 30.3 Å². The summed E-state index contributed by atoms with van der Waals surface area (Å²) in [5.41, 5.74) is 7.15. The molecule has 9 nitrogen and oxygen atoms in total. The average molecular weight is 414 g/mol. The Bertz CT molecular complexity index is 1030. The van der Waals surface area contributed by atoms with E-state index >= 15 is 0 Å². The number of carbonyl (C=O) groups excluding carboxylic acids is 3. The number of nitrogens with zero attached hydrogens (tertiary/aromatic N) is 2. The topological polar surface area (TPSA) is 136 Å². The van der Waals surface area contributed by atoms with Gasteiger partial charge in [0.15, 0.2) is 0 Å². The third-order valence-electron chi connectivity index (χ3n) is 4.52. The van der Waals surface area contributed by atoms with Crippen LogP contribution >= 0.6 is 11.3 Å². The molecule has 0 aliphatic carbocycles. The molecule has 1 aliphatic rings. The fraction of sp³-hybridized carbons (Fsp3) is 0.211. The minimum absolute atomic E-state index is 0.0403. The molecule has 3 amide bonds. The molecule has 150 valence electrons. The molecule has 2 heterocycles. The van der Waals surface area contributed by atoms with Crippen LogP contribution in [0, 0.1) is 10.1 Å². The van der Waals surface area contributed by atoms with Gasteiger partial charge in [-0.25, -0.2) is 0 Å². The van der Waals surface area contributed by atoms with E-state index in [2.05, 4.69) is 5.32 Å². The summed E-state index contributed by atoms with van der Waals surface area (Å²) in [5.74, 6) is -1.15. The second-order valence-electron chi connectivity index (χ2n) is 6.43. The number of nitrogens with two attached hydrogens (primary N) is 1. The van der Waals surface area contributed by atoms with E-state index in [1.54, 1.807) is 4.90 Å². The largest absolute Gasteiger partial charge is 0.365 e. The van der Waals surface area contributed by atoms with Crippen molar-refractivity contribution in [3.05, 3.63) is 62.0 Å². The van der Waals surface area contributed by atoms with Crippen molar-refractivity contribution < 1.29 is 19.3 Å². The van der Waals surface area contributed by atoms with Crippen LogP contribution in [0.5, 0.6) is 0 Å². The fourth-order valence-electron chi connectivity index (χ4n) is 3.05. The van der Waals surface area contributed by atoms with Gasteiger partial charge in [-0.05, 0) is 35.8 Å². The molecule has 0 atom stereocenters. The van der Waals surface area contributed by atoms with E-state index in [1.807, 2.05) is 0 Å². The Morgan fingerprint density at radius 1 is 1.28 bits per heavy atom. The molecule has 0 radical (unpaired) electrons. The molecular formula is C19H18N4O5S. The number of anilines is 1. The summed E-state index contributed by atoms with van der Waals surface area (Å²) < 4.78 is 0. The molecule has 0 unspecified atom stereocenters. The van der Waals surface area contributed by atoms with Gasteiger partial charge in [-0.2, -0.15) is 0 Å². The van der Waals surface area contributed by atoms with E-state index < -0.39 is 16.7 Å². The molecule has 1 aromatic heterocycles. The van der Waals surface area contributed by atoms with Crippen molar-refractivity contribution in [2.75, 3.05) is 11.9 Å². The lowest BCUT2D eigenvalue weighted by Gasteiger charge is -2.25. The lowest BCUT2D eigenvalue weighted by Crippen LogP contribution is -2.34. The number of amides is 3. The molecule has 0 spiro atoms. The highest BCUT2D eigenvalue weighted by Crippen LogP contribution is 2.37. The van der Waals surface area contributed by atoms with Crippen LogP contribution in [0.4, 0.5) is 10.7 Å².